The molecule has 0 aliphatic carbocycles. The number of carbonyl (C=O) groups excluding carboxylic acids is 3. The van der Waals surface area contributed by atoms with Gasteiger partial charge in [-0.3, -0.25) is 14.4 Å². The zero-order chi connectivity index (χ0) is 21.4. The van der Waals surface area contributed by atoms with Crippen molar-refractivity contribution in [3.8, 4) is 0 Å². The summed E-state index contributed by atoms with van der Waals surface area (Å²) in [6.07, 6.45) is 0.563. The third-order valence-corrected chi connectivity index (χ3v) is 4.61. The molecule has 3 amide bonds. The van der Waals surface area contributed by atoms with Gasteiger partial charge in [0.05, 0.1) is 12.5 Å². The van der Waals surface area contributed by atoms with Gasteiger partial charge in [-0.25, -0.2) is 0 Å². The van der Waals surface area contributed by atoms with Crippen LogP contribution in [0.25, 0.3) is 0 Å². The molecule has 0 bridgehead atoms. The van der Waals surface area contributed by atoms with E-state index in [2.05, 4.69) is 31.9 Å². The van der Waals surface area contributed by atoms with Crippen molar-refractivity contribution < 1.29 is 14.4 Å². The summed E-state index contributed by atoms with van der Waals surface area (Å²) in [7, 11) is 0. The fraction of sp³-hybridized carbons (Fsp3) is 0.318. The first-order chi connectivity index (χ1) is 13.7. The van der Waals surface area contributed by atoms with Crippen molar-refractivity contribution in [2.75, 3.05) is 10.6 Å². The van der Waals surface area contributed by atoms with Crippen molar-refractivity contribution in [2.45, 2.75) is 39.7 Å². The molecule has 0 heterocycles. The summed E-state index contributed by atoms with van der Waals surface area (Å²) in [5.41, 5.74) is 2.15. The summed E-state index contributed by atoms with van der Waals surface area (Å²) in [5.74, 6) is -0.171. The van der Waals surface area contributed by atoms with Crippen molar-refractivity contribution in [2.24, 2.45) is 5.92 Å². The minimum Gasteiger partial charge on any atom is -0.349 e. The molecule has 0 aliphatic heterocycles. The lowest BCUT2D eigenvalue weighted by Gasteiger charge is -2.18. The number of amides is 3. The summed E-state index contributed by atoms with van der Waals surface area (Å²) >= 11 is 3.38. The molecule has 0 aromatic heterocycles. The average molecular weight is 460 g/mol. The lowest BCUT2D eigenvalue weighted by atomic mass is 10.0. The Bertz CT molecular complexity index is 849. The zero-order valence-electron chi connectivity index (χ0n) is 16.8. The number of nitrogens with one attached hydrogen (secondary N) is 3. The Morgan fingerprint density at radius 3 is 1.76 bits per heavy atom. The number of hydrogen-bond acceptors (Lipinski definition) is 3. The summed E-state index contributed by atoms with van der Waals surface area (Å²) < 4.78 is 0.924. The molecule has 154 valence electrons. The topological polar surface area (TPSA) is 87.3 Å². The Morgan fingerprint density at radius 1 is 0.828 bits per heavy atom. The van der Waals surface area contributed by atoms with E-state index >= 15 is 0 Å². The van der Waals surface area contributed by atoms with Crippen LogP contribution in [0, 0.1) is 5.92 Å². The molecule has 1 unspecified atom stereocenters. The van der Waals surface area contributed by atoms with Crippen molar-refractivity contribution in [3.63, 3.8) is 0 Å². The summed E-state index contributed by atoms with van der Waals surface area (Å²) in [4.78, 5) is 35.9. The van der Waals surface area contributed by atoms with Crippen LogP contribution >= 0.6 is 15.9 Å². The molecule has 0 saturated carbocycles. The maximum Gasteiger partial charge on any atom is 0.226 e. The van der Waals surface area contributed by atoms with Gasteiger partial charge in [0.15, 0.2) is 0 Å². The SMILES string of the molecule is CC(=O)NC(CC(=O)Nc1ccc(NC(=O)CC(C)C)cc1)c1ccc(Br)cc1. The first kappa shape index (κ1) is 22.6. The monoisotopic (exact) mass is 459 g/mol. The van der Waals surface area contributed by atoms with Crippen LogP contribution in [0.5, 0.6) is 0 Å². The lowest BCUT2D eigenvalue weighted by molar-refractivity contribution is -0.120. The molecular formula is C22H26BrN3O3. The fourth-order valence-electron chi connectivity index (χ4n) is 2.81. The molecule has 2 aromatic rings. The smallest absolute Gasteiger partial charge is 0.226 e. The van der Waals surface area contributed by atoms with Crippen molar-refractivity contribution in [1.29, 1.82) is 0 Å². The summed E-state index contributed by atoms with van der Waals surface area (Å²) in [6.45, 7) is 5.40. The van der Waals surface area contributed by atoms with Gasteiger partial charge in [0, 0.05) is 29.2 Å². The van der Waals surface area contributed by atoms with E-state index in [9.17, 15) is 14.4 Å². The van der Waals surface area contributed by atoms with Crippen LogP contribution in [0.15, 0.2) is 53.0 Å². The second-order valence-corrected chi connectivity index (χ2v) is 8.20. The van der Waals surface area contributed by atoms with Gasteiger partial charge in [-0.15, -0.1) is 0 Å². The molecule has 2 aromatic carbocycles. The largest absolute Gasteiger partial charge is 0.349 e. The Morgan fingerprint density at radius 2 is 1.31 bits per heavy atom. The highest BCUT2D eigenvalue weighted by molar-refractivity contribution is 9.10. The zero-order valence-corrected chi connectivity index (χ0v) is 18.4. The van der Waals surface area contributed by atoms with Gasteiger partial charge in [-0.1, -0.05) is 41.9 Å². The van der Waals surface area contributed by atoms with Gasteiger partial charge in [0.2, 0.25) is 17.7 Å². The van der Waals surface area contributed by atoms with Gasteiger partial charge in [-0.2, -0.15) is 0 Å². The normalized spacial score (nSPS) is 11.6. The van der Waals surface area contributed by atoms with Crippen molar-refractivity contribution >= 4 is 45.0 Å². The number of anilines is 2. The maximum absolute atomic E-state index is 12.5. The molecular weight excluding hydrogens is 434 g/mol. The van der Waals surface area contributed by atoms with E-state index in [4.69, 9.17) is 0 Å². The summed E-state index contributed by atoms with van der Waals surface area (Å²) in [6, 6.07) is 14.0. The number of halogens is 1. The quantitative estimate of drug-likeness (QED) is 0.537. The number of hydrogen-bond donors (Lipinski definition) is 3. The van der Waals surface area contributed by atoms with Gasteiger partial charge in [0.25, 0.3) is 0 Å². The van der Waals surface area contributed by atoms with E-state index in [0.717, 1.165) is 10.0 Å². The van der Waals surface area contributed by atoms with Crippen LogP contribution in [-0.4, -0.2) is 17.7 Å². The van der Waals surface area contributed by atoms with Crippen LogP contribution < -0.4 is 16.0 Å². The van der Waals surface area contributed by atoms with E-state index in [1.54, 1.807) is 24.3 Å². The van der Waals surface area contributed by atoms with Crippen LogP contribution in [0.2, 0.25) is 0 Å². The Balaban J connectivity index is 1.97. The van der Waals surface area contributed by atoms with Gasteiger partial charge < -0.3 is 16.0 Å². The Hall–Kier alpha value is -2.67. The molecule has 1 atom stereocenters. The number of benzene rings is 2. The molecule has 0 saturated heterocycles. The van der Waals surface area contributed by atoms with Crippen LogP contribution in [0.4, 0.5) is 11.4 Å². The maximum atomic E-state index is 12.5. The van der Waals surface area contributed by atoms with E-state index < -0.39 is 6.04 Å². The van der Waals surface area contributed by atoms with Gasteiger partial charge >= 0.3 is 0 Å². The van der Waals surface area contributed by atoms with Crippen molar-refractivity contribution in [3.05, 3.63) is 58.6 Å². The van der Waals surface area contributed by atoms with Gasteiger partial charge in [-0.05, 0) is 47.9 Å². The molecule has 0 radical (unpaired) electrons. The van der Waals surface area contributed by atoms with E-state index in [0.29, 0.717) is 17.8 Å². The Kier molecular flexibility index (Phi) is 8.39. The highest BCUT2D eigenvalue weighted by Gasteiger charge is 2.17. The van der Waals surface area contributed by atoms with Gasteiger partial charge in [0.1, 0.15) is 0 Å². The van der Waals surface area contributed by atoms with E-state index in [1.807, 2.05) is 38.1 Å². The Labute approximate surface area is 179 Å². The number of carbonyl (C=O) groups is 3. The molecule has 2 rings (SSSR count). The third-order valence-electron chi connectivity index (χ3n) is 4.09. The predicted molar refractivity (Wildman–Crippen MR) is 118 cm³/mol. The fourth-order valence-corrected chi connectivity index (χ4v) is 3.07. The molecule has 7 heteroatoms. The first-order valence-electron chi connectivity index (χ1n) is 9.45. The minimum absolute atomic E-state index is 0.0376. The summed E-state index contributed by atoms with van der Waals surface area (Å²) in [5, 5.41) is 8.47. The number of rotatable bonds is 8. The highest BCUT2D eigenvalue weighted by atomic mass is 79.9. The molecule has 6 nitrogen and oxygen atoms in total. The minimum atomic E-state index is -0.421. The van der Waals surface area contributed by atoms with Crippen LogP contribution in [0.1, 0.15) is 45.2 Å². The standard InChI is InChI=1S/C22H26BrN3O3/c1-14(2)12-21(28)25-18-8-10-19(11-9-18)26-22(29)13-20(24-15(3)27)16-4-6-17(23)7-5-16/h4-11,14,20H,12-13H2,1-3H3,(H,24,27)(H,25,28)(H,26,29). The first-order valence-corrected chi connectivity index (χ1v) is 10.2. The highest BCUT2D eigenvalue weighted by Crippen LogP contribution is 2.21. The second kappa shape index (κ2) is 10.8. The van der Waals surface area contributed by atoms with Crippen LogP contribution in [-0.2, 0) is 14.4 Å². The molecule has 0 spiro atoms. The predicted octanol–water partition coefficient (Wildman–Crippen LogP) is 4.64. The molecule has 3 N–H and O–H groups in total. The van der Waals surface area contributed by atoms with E-state index in [-0.39, 0.29) is 30.1 Å². The van der Waals surface area contributed by atoms with Crippen molar-refractivity contribution in [1.82, 2.24) is 5.32 Å². The van der Waals surface area contributed by atoms with Crippen LogP contribution in [0.3, 0.4) is 0 Å². The second-order valence-electron chi connectivity index (χ2n) is 7.28. The third kappa shape index (κ3) is 8.07. The molecule has 0 fully saturated rings. The lowest BCUT2D eigenvalue weighted by Crippen LogP contribution is -2.29. The van der Waals surface area contributed by atoms with E-state index in [1.165, 1.54) is 6.92 Å². The average Bonchev–Trinajstić information content (AvgIpc) is 2.62. The molecule has 0 aliphatic rings. The molecule has 29 heavy (non-hydrogen) atoms.